The van der Waals surface area contributed by atoms with Gasteiger partial charge in [0.25, 0.3) is 5.91 Å². The summed E-state index contributed by atoms with van der Waals surface area (Å²) in [6.45, 7) is 0. The summed E-state index contributed by atoms with van der Waals surface area (Å²) in [6, 6.07) is 15.3. The number of pyridine rings is 1. The highest BCUT2D eigenvalue weighted by atomic mass is 32.1. The number of anilines is 2. The summed E-state index contributed by atoms with van der Waals surface area (Å²) >= 11 is 1.53. The fraction of sp³-hybridized carbons (Fsp3) is 0.0741. The minimum Gasteiger partial charge on any atom is -0.495 e. The van der Waals surface area contributed by atoms with E-state index in [0.717, 1.165) is 44.0 Å². The van der Waals surface area contributed by atoms with Crippen LogP contribution in [0.25, 0.3) is 38.2 Å². The lowest BCUT2D eigenvalue weighted by atomic mass is 10.0. The largest absolute Gasteiger partial charge is 0.495 e. The average Bonchev–Trinajstić information content (AvgIpc) is 3.47. The standard InChI is InChI=1S/C27H22N4O3S/c1-31-21-8-4-3-6-17(21)12-22(31)27(33)30-20-10-9-16(13-23(20)34-2)19-15-35-25-18(7-5-11-32)14-29-26(28)24(19)25/h3-15H,1-2H3,(H2,28,29)(H,30,33). The minimum absolute atomic E-state index is 0.226. The van der Waals surface area contributed by atoms with Gasteiger partial charge >= 0.3 is 0 Å². The van der Waals surface area contributed by atoms with Crippen LogP contribution < -0.4 is 15.8 Å². The fourth-order valence-electron chi connectivity index (χ4n) is 4.22. The molecule has 0 spiro atoms. The summed E-state index contributed by atoms with van der Waals surface area (Å²) < 4.78 is 8.43. The first-order valence-electron chi connectivity index (χ1n) is 10.8. The molecule has 3 N–H and O–H groups in total. The Hall–Kier alpha value is -4.43. The second-order valence-corrected chi connectivity index (χ2v) is 8.84. The van der Waals surface area contributed by atoms with Crippen molar-refractivity contribution in [1.82, 2.24) is 9.55 Å². The summed E-state index contributed by atoms with van der Waals surface area (Å²) in [6.07, 6.45) is 5.54. The van der Waals surface area contributed by atoms with Crippen LogP contribution in [0, 0.1) is 0 Å². The van der Waals surface area contributed by atoms with E-state index in [1.807, 2.05) is 65.5 Å². The number of thiophene rings is 1. The van der Waals surface area contributed by atoms with E-state index in [-0.39, 0.29) is 5.91 Å². The van der Waals surface area contributed by atoms with Crippen LogP contribution in [0.2, 0.25) is 0 Å². The summed E-state index contributed by atoms with van der Waals surface area (Å²) in [5, 5.41) is 6.79. The molecule has 3 aromatic heterocycles. The molecule has 0 aliphatic heterocycles. The Morgan fingerprint density at radius 1 is 1.20 bits per heavy atom. The molecule has 35 heavy (non-hydrogen) atoms. The van der Waals surface area contributed by atoms with Crippen LogP contribution in [0.5, 0.6) is 5.75 Å². The zero-order chi connectivity index (χ0) is 24.5. The quantitative estimate of drug-likeness (QED) is 0.246. The van der Waals surface area contributed by atoms with E-state index < -0.39 is 0 Å². The van der Waals surface area contributed by atoms with Crippen LogP contribution >= 0.6 is 11.3 Å². The lowest BCUT2D eigenvalue weighted by Gasteiger charge is -2.13. The van der Waals surface area contributed by atoms with Crippen molar-refractivity contribution in [3.05, 3.63) is 77.4 Å². The predicted octanol–water partition coefficient (Wildman–Crippen LogP) is 5.51. The Morgan fingerprint density at radius 3 is 2.80 bits per heavy atom. The van der Waals surface area contributed by atoms with Crippen molar-refractivity contribution in [2.75, 3.05) is 18.2 Å². The maximum absolute atomic E-state index is 13.1. The summed E-state index contributed by atoms with van der Waals surface area (Å²) in [4.78, 5) is 28.2. The highest BCUT2D eigenvalue weighted by molar-refractivity contribution is 7.18. The molecule has 0 unspecified atom stereocenters. The molecule has 0 bridgehead atoms. The summed E-state index contributed by atoms with van der Waals surface area (Å²) in [5.74, 6) is 0.708. The fourth-order valence-corrected chi connectivity index (χ4v) is 5.30. The number of aryl methyl sites for hydroxylation is 1. The number of ether oxygens (including phenoxy) is 1. The number of carbonyl (C=O) groups is 2. The SMILES string of the molecule is COc1cc(-c2csc3c(C=CC=O)cnc(N)c23)ccc1NC(=O)c1cc2ccccc2n1C. The lowest BCUT2D eigenvalue weighted by molar-refractivity contribution is -0.104. The van der Waals surface area contributed by atoms with E-state index in [0.29, 0.717) is 22.9 Å². The van der Waals surface area contributed by atoms with Gasteiger partial charge in [-0.2, -0.15) is 0 Å². The third-order valence-corrected chi connectivity index (χ3v) is 6.98. The van der Waals surface area contributed by atoms with Crippen molar-refractivity contribution in [2.24, 2.45) is 7.05 Å². The van der Waals surface area contributed by atoms with Gasteiger partial charge in [-0.3, -0.25) is 9.59 Å². The Balaban J connectivity index is 1.51. The van der Waals surface area contributed by atoms with Gasteiger partial charge in [-0.1, -0.05) is 24.3 Å². The number of benzene rings is 2. The van der Waals surface area contributed by atoms with E-state index >= 15 is 0 Å². The van der Waals surface area contributed by atoms with Crippen molar-refractivity contribution in [1.29, 1.82) is 0 Å². The normalized spacial score (nSPS) is 11.4. The number of nitrogens with one attached hydrogen (secondary N) is 1. The predicted molar refractivity (Wildman–Crippen MR) is 142 cm³/mol. The first-order chi connectivity index (χ1) is 17.0. The van der Waals surface area contributed by atoms with Crippen molar-refractivity contribution in [3.63, 3.8) is 0 Å². The Bertz CT molecular complexity index is 1630. The number of amides is 1. The second kappa shape index (κ2) is 9.08. The molecule has 2 aromatic carbocycles. The number of aromatic nitrogens is 2. The van der Waals surface area contributed by atoms with E-state index in [1.54, 1.807) is 19.4 Å². The van der Waals surface area contributed by atoms with Gasteiger partial charge < -0.3 is 20.4 Å². The van der Waals surface area contributed by atoms with Gasteiger partial charge in [-0.05, 0) is 47.4 Å². The summed E-state index contributed by atoms with van der Waals surface area (Å²) in [5.41, 5.74) is 10.9. The number of carbonyl (C=O) groups excluding carboxylic acids is 2. The number of allylic oxidation sites excluding steroid dienone is 1. The Morgan fingerprint density at radius 2 is 2.03 bits per heavy atom. The highest BCUT2D eigenvalue weighted by Gasteiger charge is 2.18. The monoisotopic (exact) mass is 482 g/mol. The molecule has 7 nitrogen and oxygen atoms in total. The van der Waals surface area contributed by atoms with Crippen LogP contribution in [0.3, 0.4) is 0 Å². The molecule has 1 amide bonds. The zero-order valence-electron chi connectivity index (χ0n) is 19.1. The van der Waals surface area contributed by atoms with Crippen LogP contribution in [0.15, 0.2) is 66.2 Å². The van der Waals surface area contributed by atoms with E-state index in [4.69, 9.17) is 10.5 Å². The number of nitrogens with zero attached hydrogens (tertiary/aromatic N) is 2. The molecule has 0 saturated carbocycles. The van der Waals surface area contributed by atoms with Crippen molar-refractivity contribution >= 4 is 62.1 Å². The van der Waals surface area contributed by atoms with Crippen molar-refractivity contribution in [3.8, 4) is 16.9 Å². The smallest absolute Gasteiger partial charge is 0.272 e. The first-order valence-corrected chi connectivity index (χ1v) is 11.7. The number of nitrogens with two attached hydrogens (primary N) is 1. The molecule has 0 fully saturated rings. The average molecular weight is 483 g/mol. The summed E-state index contributed by atoms with van der Waals surface area (Å²) in [7, 11) is 3.44. The number of methoxy groups -OCH3 is 1. The van der Waals surface area contributed by atoms with Crippen LogP contribution in [-0.2, 0) is 11.8 Å². The molecular formula is C27H22N4O3S. The second-order valence-electron chi connectivity index (χ2n) is 7.96. The van der Waals surface area contributed by atoms with Crippen molar-refractivity contribution < 1.29 is 14.3 Å². The highest BCUT2D eigenvalue weighted by Crippen LogP contribution is 2.41. The maximum atomic E-state index is 13.1. The Kier molecular flexibility index (Phi) is 5.80. The van der Waals surface area contributed by atoms with Crippen LogP contribution in [-0.4, -0.2) is 28.9 Å². The third-order valence-electron chi connectivity index (χ3n) is 5.95. The molecule has 5 rings (SSSR count). The number of aldehydes is 1. The zero-order valence-corrected chi connectivity index (χ0v) is 19.9. The maximum Gasteiger partial charge on any atom is 0.272 e. The number of hydrogen-bond donors (Lipinski definition) is 2. The molecule has 5 aromatic rings. The van der Waals surface area contributed by atoms with E-state index in [9.17, 15) is 9.59 Å². The van der Waals surface area contributed by atoms with Gasteiger partial charge in [0.05, 0.1) is 12.8 Å². The number of para-hydroxylation sites is 1. The number of rotatable bonds is 6. The van der Waals surface area contributed by atoms with Crippen LogP contribution in [0.4, 0.5) is 11.5 Å². The molecule has 0 aliphatic carbocycles. The number of fused-ring (bicyclic) bond motifs is 2. The number of nitrogen functional groups attached to an aromatic ring is 1. The molecular weight excluding hydrogens is 460 g/mol. The minimum atomic E-state index is -0.226. The lowest BCUT2D eigenvalue weighted by Crippen LogP contribution is -2.16. The first kappa shape index (κ1) is 22.4. The van der Waals surface area contributed by atoms with Gasteiger partial charge in [-0.15, -0.1) is 11.3 Å². The molecule has 0 radical (unpaired) electrons. The van der Waals surface area contributed by atoms with E-state index in [1.165, 1.54) is 17.4 Å². The molecule has 8 heteroatoms. The molecule has 0 atom stereocenters. The molecule has 0 aliphatic rings. The van der Waals surface area contributed by atoms with Crippen molar-refractivity contribution in [2.45, 2.75) is 0 Å². The van der Waals surface area contributed by atoms with Gasteiger partial charge in [0, 0.05) is 45.4 Å². The Labute approximate surface area is 205 Å². The van der Waals surface area contributed by atoms with Gasteiger partial charge in [0.2, 0.25) is 0 Å². The van der Waals surface area contributed by atoms with Crippen LogP contribution in [0.1, 0.15) is 16.1 Å². The van der Waals surface area contributed by atoms with E-state index in [2.05, 4.69) is 10.3 Å². The third kappa shape index (κ3) is 3.94. The van der Waals surface area contributed by atoms with Gasteiger partial charge in [0.15, 0.2) is 0 Å². The topological polar surface area (TPSA) is 99.2 Å². The molecule has 3 heterocycles. The van der Waals surface area contributed by atoms with Gasteiger partial charge in [-0.25, -0.2) is 4.98 Å². The molecule has 0 saturated heterocycles. The number of hydrogen-bond acceptors (Lipinski definition) is 6. The molecule has 174 valence electrons. The van der Waals surface area contributed by atoms with Gasteiger partial charge in [0.1, 0.15) is 23.5 Å².